The van der Waals surface area contributed by atoms with Crippen LogP contribution >= 0.6 is 11.3 Å². The van der Waals surface area contributed by atoms with E-state index in [0.29, 0.717) is 0 Å². The molecule has 0 bridgehead atoms. The molecule has 3 aliphatic rings. The zero-order valence-electron chi connectivity index (χ0n) is 11.3. The fourth-order valence-corrected chi connectivity index (χ4v) is 5.39. The van der Waals surface area contributed by atoms with Crippen molar-refractivity contribution in [2.75, 3.05) is 11.4 Å². The van der Waals surface area contributed by atoms with Gasteiger partial charge >= 0.3 is 0 Å². The first-order chi connectivity index (χ1) is 9.33. The van der Waals surface area contributed by atoms with E-state index in [2.05, 4.69) is 4.90 Å². The number of aliphatic hydroxyl groups excluding tert-OH is 1. The molecule has 2 heterocycles. The normalized spacial score (nSPS) is 34.2. The van der Waals surface area contributed by atoms with Gasteiger partial charge in [-0.1, -0.05) is 12.8 Å². The molecule has 0 radical (unpaired) electrons. The Kier molecular flexibility index (Phi) is 3.03. The van der Waals surface area contributed by atoms with Gasteiger partial charge in [-0.05, 0) is 44.4 Å². The van der Waals surface area contributed by atoms with E-state index >= 15 is 0 Å². The average Bonchev–Trinajstić information content (AvgIpc) is 3.02. The molecule has 2 aliphatic carbocycles. The third-order valence-corrected chi connectivity index (χ3v) is 6.34. The first-order valence-corrected chi connectivity index (χ1v) is 8.59. The number of aliphatic hydroxyl groups is 1. The summed E-state index contributed by atoms with van der Waals surface area (Å²) in [5, 5.41) is 11.3. The first-order valence-electron chi connectivity index (χ1n) is 7.77. The smallest absolute Gasteiger partial charge is 0.186 e. The van der Waals surface area contributed by atoms with Gasteiger partial charge in [0.2, 0.25) is 0 Å². The van der Waals surface area contributed by atoms with Crippen molar-refractivity contribution in [2.24, 2.45) is 5.92 Å². The van der Waals surface area contributed by atoms with Gasteiger partial charge in [-0.15, -0.1) is 11.3 Å². The molecule has 1 N–H and O–H groups in total. The molecule has 104 valence electrons. The van der Waals surface area contributed by atoms with Crippen LogP contribution in [0.15, 0.2) is 0 Å². The second kappa shape index (κ2) is 4.74. The van der Waals surface area contributed by atoms with Crippen molar-refractivity contribution in [3.63, 3.8) is 0 Å². The highest BCUT2D eigenvalue weighted by Crippen LogP contribution is 2.43. The second-order valence-corrected chi connectivity index (χ2v) is 7.37. The summed E-state index contributed by atoms with van der Waals surface area (Å²) in [6.45, 7) is 1.18. The number of thiazole rings is 1. The molecule has 1 aliphatic heterocycles. The van der Waals surface area contributed by atoms with Crippen LogP contribution in [-0.4, -0.2) is 22.7 Å². The summed E-state index contributed by atoms with van der Waals surface area (Å²) in [6, 6.07) is 0.735. The third kappa shape index (κ3) is 2.00. The summed E-state index contributed by atoms with van der Waals surface area (Å²) in [5.41, 5.74) is 0.991. The van der Waals surface area contributed by atoms with E-state index in [0.717, 1.165) is 36.9 Å². The lowest BCUT2D eigenvalue weighted by molar-refractivity contribution is 0.153. The fourth-order valence-electron chi connectivity index (χ4n) is 4.15. The molecule has 4 rings (SSSR count). The van der Waals surface area contributed by atoms with Crippen molar-refractivity contribution in [3.8, 4) is 0 Å². The molecule has 1 aromatic heterocycles. The standard InChI is InChI=1S/C15H22N2OS/c18-12-6-3-7-13-14(12)16-15(19-13)17-9-8-10-4-1-2-5-11(10)17/h10-12,18H,1-9H2. The van der Waals surface area contributed by atoms with Crippen molar-refractivity contribution < 1.29 is 5.11 Å². The van der Waals surface area contributed by atoms with Crippen molar-refractivity contribution in [3.05, 3.63) is 10.6 Å². The lowest BCUT2D eigenvalue weighted by atomic mass is 9.85. The van der Waals surface area contributed by atoms with Crippen molar-refractivity contribution in [1.29, 1.82) is 0 Å². The van der Waals surface area contributed by atoms with Gasteiger partial charge in [-0.3, -0.25) is 0 Å². The van der Waals surface area contributed by atoms with E-state index in [9.17, 15) is 5.11 Å². The van der Waals surface area contributed by atoms with Gasteiger partial charge in [-0.25, -0.2) is 4.98 Å². The molecule has 4 heteroatoms. The highest BCUT2D eigenvalue weighted by atomic mass is 32.1. The van der Waals surface area contributed by atoms with Crippen LogP contribution in [0.25, 0.3) is 0 Å². The predicted octanol–water partition coefficient (Wildman–Crippen LogP) is 3.28. The minimum absolute atomic E-state index is 0.307. The molecule has 1 saturated carbocycles. The molecule has 3 unspecified atom stereocenters. The van der Waals surface area contributed by atoms with Crippen LogP contribution in [0, 0.1) is 5.92 Å². The summed E-state index contributed by atoms with van der Waals surface area (Å²) < 4.78 is 0. The van der Waals surface area contributed by atoms with Gasteiger partial charge in [0.1, 0.15) is 0 Å². The molecular formula is C15H22N2OS. The van der Waals surface area contributed by atoms with Crippen LogP contribution in [0.2, 0.25) is 0 Å². The van der Waals surface area contributed by atoms with Gasteiger partial charge < -0.3 is 10.0 Å². The van der Waals surface area contributed by atoms with E-state index in [1.54, 1.807) is 0 Å². The SMILES string of the molecule is OC1CCCc2sc(N3CCC4CCCCC43)nc21. The maximum atomic E-state index is 10.1. The number of aromatic nitrogens is 1. The van der Waals surface area contributed by atoms with Crippen molar-refractivity contribution >= 4 is 16.5 Å². The monoisotopic (exact) mass is 278 g/mol. The Hall–Kier alpha value is -0.610. The summed E-state index contributed by atoms with van der Waals surface area (Å²) >= 11 is 1.85. The molecule has 0 amide bonds. The molecule has 1 aromatic rings. The van der Waals surface area contributed by atoms with Crippen LogP contribution in [0.5, 0.6) is 0 Å². The molecule has 0 spiro atoms. The van der Waals surface area contributed by atoms with Gasteiger partial charge in [0.25, 0.3) is 0 Å². The Bertz CT molecular complexity index is 473. The summed E-state index contributed by atoms with van der Waals surface area (Å²) in [6.07, 6.45) is 9.71. The van der Waals surface area contributed by atoms with Crippen LogP contribution in [0.1, 0.15) is 61.6 Å². The van der Waals surface area contributed by atoms with Crippen molar-refractivity contribution in [1.82, 2.24) is 4.98 Å². The average molecular weight is 278 g/mol. The van der Waals surface area contributed by atoms with Gasteiger partial charge in [0.05, 0.1) is 11.8 Å². The van der Waals surface area contributed by atoms with Crippen molar-refractivity contribution in [2.45, 2.75) is 63.5 Å². The quantitative estimate of drug-likeness (QED) is 0.856. The van der Waals surface area contributed by atoms with E-state index in [1.165, 1.54) is 48.7 Å². The minimum atomic E-state index is -0.307. The Labute approximate surface area is 118 Å². The van der Waals surface area contributed by atoms with E-state index in [-0.39, 0.29) is 6.10 Å². The van der Waals surface area contributed by atoms with Gasteiger partial charge in [0, 0.05) is 17.5 Å². The summed E-state index contributed by atoms with van der Waals surface area (Å²) in [7, 11) is 0. The Morgan fingerprint density at radius 2 is 2.00 bits per heavy atom. The third-order valence-electron chi connectivity index (χ3n) is 5.17. The second-order valence-electron chi connectivity index (χ2n) is 6.31. The number of fused-ring (bicyclic) bond motifs is 2. The highest BCUT2D eigenvalue weighted by Gasteiger charge is 2.37. The maximum Gasteiger partial charge on any atom is 0.186 e. The lowest BCUT2D eigenvalue weighted by Gasteiger charge is -2.31. The molecular weight excluding hydrogens is 256 g/mol. The number of rotatable bonds is 1. The molecule has 1 saturated heterocycles. The Balaban J connectivity index is 1.62. The molecule has 2 fully saturated rings. The number of aryl methyl sites for hydroxylation is 1. The first kappa shape index (κ1) is 12.2. The van der Waals surface area contributed by atoms with Gasteiger partial charge in [-0.2, -0.15) is 0 Å². The molecule has 0 aromatic carbocycles. The highest BCUT2D eigenvalue weighted by molar-refractivity contribution is 7.15. The Morgan fingerprint density at radius 3 is 2.89 bits per heavy atom. The van der Waals surface area contributed by atoms with Gasteiger partial charge in [0.15, 0.2) is 5.13 Å². The van der Waals surface area contributed by atoms with Crippen LogP contribution in [0.3, 0.4) is 0 Å². The number of anilines is 1. The zero-order valence-corrected chi connectivity index (χ0v) is 12.2. The van der Waals surface area contributed by atoms with E-state index in [1.807, 2.05) is 11.3 Å². The molecule has 3 atom stereocenters. The van der Waals surface area contributed by atoms with Crippen LogP contribution in [0.4, 0.5) is 5.13 Å². The number of hydrogen-bond acceptors (Lipinski definition) is 4. The maximum absolute atomic E-state index is 10.1. The Morgan fingerprint density at radius 1 is 1.11 bits per heavy atom. The lowest BCUT2D eigenvalue weighted by Crippen LogP contribution is -2.34. The molecule has 19 heavy (non-hydrogen) atoms. The largest absolute Gasteiger partial charge is 0.387 e. The zero-order chi connectivity index (χ0) is 12.8. The number of nitrogens with zero attached hydrogens (tertiary/aromatic N) is 2. The van der Waals surface area contributed by atoms with E-state index < -0.39 is 0 Å². The summed E-state index contributed by atoms with van der Waals surface area (Å²) in [4.78, 5) is 8.70. The van der Waals surface area contributed by atoms with E-state index in [4.69, 9.17) is 4.98 Å². The molecule has 3 nitrogen and oxygen atoms in total. The number of hydrogen-bond donors (Lipinski definition) is 1. The fraction of sp³-hybridized carbons (Fsp3) is 0.800. The summed E-state index contributed by atoms with van der Waals surface area (Å²) in [5.74, 6) is 0.902. The minimum Gasteiger partial charge on any atom is -0.387 e. The van der Waals surface area contributed by atoms with Crippen LogP contribution < -0.4 is 4.90 Å². The topological polar surface area (TPSA) is 36.4 Å². The van der Waals surface area contributed by atoms with Crippen LogP contribution in [-0.2, 0) is 6.42 Å². The predicted molar refractivity (Wildman–Crippen MR) is 77.7 cm³/mol.